The number of fused-ring (bicyclic) bond motifs is 2. The fourth-order valence-electron chi connectivity index (χ4n) is 5.03. The summed E-state index contributed by atoms with van der Waals surface area (Å²) >= 11 is 0. The summed E-state index contributed by atoms with van der Waals surface area (Å²) in [4.78, 5) is 0. The fraction of sp³-hybridized carbons (Fsp3) is 0.522. The molecule has 5 rings (SSSR count). The molecule has 1 saturated carbocycles. The lowest BCUT2D eigenvalue weighted by molar-refractivity contribution is -0.660. The molecule has 126 valence electrons. The number of benzene rings is 1. The summed E-state index contributed by atoms with van der Waals surface area (Å²) < 4.78 is 2.29. The van der Waals surface area contributed by atoms with Crippen molar-refractivity contribution in [3.63, 3.8) is 0 Å². The molecule has 0 atom stereocenters. The second-order valence-corrected chi connectivity index (χ2v) is 8.97. The average Bonchev–Trinajstić information content (AvgIpc) is 2.53. The topological polar surface area (TPSA) is 3.88 Å². The number of aryl methyl sites for hydroxylation is 4. The lowest BCUT2D eigenvalue weighted by atomic mass is 9.52. The summed E-state index contributed by atoms with van der Waals surface area (Å²) in [6.45, 7) is 11.7. The summed E-state index contributed by atoms with van der Waals surface area (Å²) in [6, 6.07) is 7.40. The SMILES string of the molecule is Cc1cc(-c2cc3c(cc2C)C2(C)CCC3(C)CC2)[n+](C)cc1C. The first-order chi connectivity index (χ1) is 11.2. The van der Waals surface area contributed by atoms with E-state index >= 15 is 0 Å². The molecule has 1 nitrogen and oxygen atoms in total. The molecule has 3 aliphatic carbocycles. The van der Waals surface area contributed by atoms with Crippen molar-refractivity contribution in [3.05, 3.63) is 52.2 Å². The molecule has 1 aromatic heterocycles. The number of hydrogen-bond donors (Lipinski definition) is 0. The maximum absolute atomic E-state index is 2.53. The number of aromatic nitrogens is 1. The van der Waals surface area contributed by atoms with Gasteiger partial charge in [-0.3, -0.25) is 0 Å². The zero-order valence-corrected chi connectivity index (χ0v) is 16.1. The molecule has 2 aromatic rings. The van der Waals surface area contributed by atoms with Crippen molar-refractivity contribution in [2.45, 2.75) is 71.1 Å². The molecule has 1 heteroatoms. The largest absolute Gasteiger partial charge is 0.212 e. The van der Waals surface area contributed by atoms with Crippen molar-refractivity contribution < 1.29 is 4.57 Å². The van der Waals surface area contributed by atoms with Gasteiger partial charge in [0.1, 0.15) is 7.05 Å². The highest BCUT2D eigenvalue weighted by Gasteiger charge is 2.47. The maximum Gasteiger partial charge on any atom is 0.212 e. The molecule has 0 unspecified atom stereocenters. The predicted molar refractivity (Wildman–Crippen MR) is 100 cm³/mol. The Bertz CT molecular complexity index is 836. The third-order valence-corrected chi connectivity index (χ3v) is 7.14. The first-order valence-electron chi connectivity index (χ1n) is 9.36. The highest BCUT2D eigenvalue weighted by molar-refractivity contribution is 5.66. The van der Waals surface area contributed by atoms with Gasteiger partial charge in [0.05, 0.1) is 0 Å². The van der Waals surface area contributed by atoms with E-state index in [0.29, 0.717) is 10.8 Å². The van der Waals surface area contributed by atoms with Gasteiger partial charge in [-0.05, 0) is 85.6 Å². The third-order valence-electron chi connectivity index (χ3n) is 7.14. The van der Waals surface area contributed by atoms with E-state index in [1.807, 2.05) is 0 Å². The standard InChI is InChI=1S/C23H30N/c1-15-12-21(24(6)14-17(15)3)18-13-20-19(11-16(18)2)22(4)7-9-23(20,5)10-8-22/h11-14H,7-10H2,1-6H3/q+1. The predicted octanol–water partition coefficient (Wildman–Crippen LogP) is 5.21. The Morgan fingerprint density at radius 2 is 1.29 bits per heavy atom. The monoisotopic (exact) mass is 320 g/mol. The Balaban J connectivity index is 1.96. The number of pyridine rings is 1. The molecule has 1 fully saturated rings. The van der Waals surface area contributed by atoms with Gasteiger partial charge < -0.3 is 0 Å². The summed E-state index contributed by atoms with van der Waals surface area (Å²) in [5.74, 6) is 0. The van der Waals surface area contributed by atoms with Crippen molar-refractivity contribution in [2.24, 2.45) is 7.05 Å². The van der Waals surface area contributed by atoms with Crippen LogP contribution in [0.15, 0.2) is 24.4 Å². The highest BCUT2D eigenvalue weighted by Crippen LogP contribution is 2.57. The van der Waals surface area contributed by atoms with Gasteiger partial charge in [-0.15, -0.1) is 0 Å². The first-order valence-corrected chi connectivity index (χ1v) is 9.36. The molecule has 0 radical (unpaired) electrons. The number of hydrogen-bond acceptors (Lipinski definition) is 0. The molecule has 24 heavy (non-hydrogen) atoms. The maximum atomic E-state index is 2.53. The van der Waals surface area contributed by atoms with Crippen molar-refractivity contribution >= 4 is 0 Å². The van der Waals surface area contributed by atoms with Gasteiger partial charge in [0.25, 0.3) is 0 Å². The lowest BCUT2D eigenvalue weighted by Gasteiger charge is -2.52. The minimum atomic E-state index is 0.383. The van der Waals surface area contributed by atoms with Crippen molar-refractivity contribution in [3.8, 4) is 11.3 Å². The fourth-order valence-corrected chi connectivity index (χ4v) is 5.03. The normalized spacial score (nSPS) is 28.1. The molecule has 3 aliphatic rings. The van der Waals surface area contributed by atoms with E-state index in [4.69, 9.17) is 0 Å². The first kappa shape index (κ1) is 15.9. The smallest absolute Gasteiger partial charge is 0.201 e. The Morgan fingerprint density at radius 3 is 1.88 bits per heavy atom. The number of rotatable bonds is 1. The second-order valence-electron chi connectivity index (χ2n) is 8.97. The highest BCUT2D eigenvalue weighted by atomic mass is 14.9. The molecule has 0 spiro atoms. The van der Waals surface area contributed by atoms with Crippen LogP contribution in [0.4, 0.5) is 0 Å². The lowest BCUT2D eigenvalue weighted by Crippen LogP contribution is -2.44. The zero-order valence-electron chi connectivity index (χ0n) is 16.1. The van der Waals surface area contributed by atoms with E-state index in [9.17, 15) is 0 Å². The van der Waals surface area contributed by atoms with Crippen LogP contribution in [0.25, 0.3) is 11.3 Å². The van der Waals surface area contributed by atoms with Gasteiger partial charge in [-0.2, -0.15) is 0 Å². The van der Waals surface area contributed by atoms with Gasteiger partial charge in [-0.1, -0.05) is 19.9 Å². The summed E-state index contributed by atoms with van der Waals surface area (Å²) in [5.41, 5.74) is 11.0. The van der Waals surface area contributed by atoms with Gasteiger partial charge in [0, 0.05) is 17.2 Å². The van der Waals surface area contributed by atoms with E-state index in [1.54, 1.807) is 11.1 Å². The second kappa shape index (κ2) is 4.94. The minimum absolute atomic E-state index is 0.383. The summed E-state index contributed by atoms with van der Waals surface area (Å²) in [6.07, 6.45) is 7.66. The minimum Gasteiger partial charge on any atom is -0.201 e. The van der Waals surface area contributed by atoms with Crippen LogP contribution in [0.2, 0.25) is 0 Å². The van der Waals surface area contributed by atoms with Crippen LogP contribution in [-0.2, 0) is 17.9 Å². The molecular weight excluding hydrogens is 290 g/mol. The Labute approximate surface area is 146 Å². The molecule has 0 aliphatic heterocycles. The van der Waals surface area contributed by atoms with Crippen LogP contribution in [0.5, 0.6) is 0 Å². The molecule has 1 aromatic carbocycles. The van der Waals surface area contributed by atoms with E-state index in [0.717, 1.165) is 0 Å². The van der Waals surface area contributed by atoms with Crippen molar-refractivity contribution in [2.75, 3.05) is 0 Å². The van der Waals surface area contributed by atoms with Crippen LogP contribution in [0, 0.1) is 20.8 Å². The van der Waals surface area contributed by atoms with Crippen LogP contribution >= 0.6 is 0 Å². The molecular formula is C23H30N+. The van der Waals surface area contributed by atoms with Crippen LogP contribution < -0.4 is 4.57 Å². The van der Waals surface area contributed by atoms with E-state index in [-0.39, 0.29) is 0 Å². The Kier molecular flexibility index (Phi) is 3.27. The van der Waals surface area contributed by atoms with Crippen molar-refractivity contribution in [1.82, 2.24) is 0 Å². The quantitative estimate of drug-likeness (QED) is 0.635. The average molecular weight is 320 g/mol. The van der Waals surface area contributed by atoms with Gasteiger partial charge in [0.15, 0.2) is 6.20 Å². The van der Waals surface area contributed by atoms with Crippen LogP contribution in [0.3, 0.4) is 0 Å². The molecule has 0 saturated heterocycles. The summed E-state index contributed by atoms with van der Waals surface area (Å²) in [7, 11) is 2.18. The van der Waals surface area contributed by atoms with E-state index in [1.165, 1.54) is 53.6 Å². The Morgan fingerprint density at radius 1 is 0.750 bits per heavy atom. The Hall–Kier alpha value is -1.63. The van der Waals surface area contributed by atoms with Crippen LogP contribution in [0.1, 0.15) is 67.3 Å². The zero-order chi connectivity index (χ0) is 17.3. The van der Waals surface area contributed by atoms with Gasteiger partial charge in [-0.25, -0.2) is 4.57 Å². The van der Waals surface area contributed by atoms with Crippen LogP contribution in [-0.4, -0.2) is 0 Å². The van der Waals surface area contributed by atoms with Gasteiger partial charge >= 0.3 is 0 Å². The summed E-state index contributed by atoms with van der Waals surface area (Å²) in [5, 5.41) is 0. The molecule has 0 amide bonds. The third kappa shape index (κ3) is 2.10. The number of nitrogens with zero attached hydrogens (tertiary/aromatic N) is 1. The van der Waals surface area contributed by atoms with E-state index in [2.05, 4.69) is 70.6 Å². The molecule has 2 bridgehead atoms. The van der Waals surface area contributed by atoms with Crippen molar-refractivity contribution in [1.29, 1.82) is 0 Å². The van der Waals surface area contributed by atoms with E-state index < -0.39 is 0 Å². The molecule has 0 N–H and O–H groups in total. The molecule has 1 heterocycles. The van der Waals surface area contributed by atoms with Gasteiger partial charge in [0.2, 0.25) is 5.69 Å².